The van der Waals surface area contributed by atoms with Crippen molar-refractivity contribution in [2.45, 2.75) is 25.3 Å². The minimum absolute atomic E-state index is 0.389. The molecule has 0 saturated heterocycles. The van der Waals surface area contributed by atoms with Crippen LogP contribution in [0, 0.1) is 5.82 Å². The number of esters is 1. The van der Waals surface area contributed by atoms with E-state index in [1.807, 2.05) is 0 Å². The molecule has 1 heterocycles. The van der Waals surface area contributed by atoms with Gasteiger partial charge in [0.25, 0.3) is 0 Å². The van der Waals surface area contributed by atoms with Gasteiger partial charge in [0.1, 0.15) is 17.7 Å². The van der Waals surface area contributed by atoms with Crippen LogP contribution in [0.25, 0.3) is 11.0 Å². The number of nitrogens with zero attached hydrogens (tertiary/aromatic N) is 2. The molecule has 6 heteroatoms. The quantitative estimate of drug-likeness (QED) is 0.642. The van der Waals surface area contributed by atoms with Crippen molar-refractivity contribution in [1.29, 1.82) is 0 Å². The number of aromatic nitrogens is 2. The first-order valence-electron chi connectivity index (χ1n) is 5.85. The molecule has 1 aromatic heterocycles. The molecule has 0 fully saturated rings. The summed E-state index contributed by atoms with van der Waals surface area (Å²) in [4.78, 5) is 16.1. The highest BCUT2D eigenvalue weighted by atomic mass is 35.5. The van der Waals surface area contributed by atoms with Gasteiger partial charge >= 0.3 is 5.97 Å². The Morgan fingerprint density at radius 3 is 2.74 bits per heavy atom. The summed E-state index contributed by atoms with van der Waals surface area (Å²) in [6.07, 6.45) is 0. The van der Waals surface area contributed by atoms with Gasteiger partial charge in [0, 0.05) is 0 Å². The van der Waals surface area contributed by atoms with Gasteiger partial charge in [0.05, 0.1) is 23.5 Å². The fourth-order valence-electron chi connectivity index (χ4n) is 2.05. The number of rotatable bonds is 3. The Bertz CT molecular complexity index is 624. The lowest BCUT2D eigenvalue weighted by atomic mass is 10.2. The molecule has 0 saturated carbocycles. The van der Waals surface area contributed by atoms with Crippen molar-refractivity contribution in [1.82, 2.24) is 9.55 Å². The number of methoxy groups -OCH3 is 1. The summed E-state index contributed by atoms with van der Waals surface area (Å²) in [5.41, 5.74) is 1.13. The van der Waals surface area contributed by atoms with Gasteiger partial charge in [0.15, 0.2) is 0 Å². The maximum absolute atomic E-state index is 13.4. The van der Waals surface area contributed by atoms with Crippen LogP contribution in [0.5, 0.6) is 0 Å². The Labute approximate surface area is 115 Å². The minimum atomic E-state index is -0.618. The summed E-state index contributed by atoms with van der Waals surface area (Å²) in [6, 6.07) is 3.61. The molecule has 0 aliphatic heterocycles. The Morgan fingerprint density at radius 1 is 1.47 bits per heavy atom. The molecule has 0 N–H and O–H groups in total. The molecule has 2 rings (SSSR count). The van der Waals surface area contributed by atoms with Crippen molar-refractivity contribution in [3.63, 3.8) is 0 Å². The number of halogens is 2. The van der Waals surface area contributed by atoms with E-state index < -0.39 is 17.4 Å². The molecule has 0 bridgehead atoms. The predicted molar refractivity (Wildman–Crippen MR) is 70.7 cm³/mol. The van der Waals surface area contributed by atoms with E-state index in [2.05, 4.69) is 4.98 Å². The number of imidazole rings is 1. The zero-order chi connectivity index (χ0) is 14.2. The van der Waals surface area contributed by atoms with Gasteiger partial charge in [0.2, 0.25) is 0 Å². The van der Waals surface area contributed by atoms with Gasteiger partial charge in [-0.25, -0.2) is 14.2 Å². The smallest absolute Gasteiger partial charge is 0.328 e. The van der Waals surface area contributed by atoms with Crippen molar-refractivity contribution in [2.75, 3.05) is 7.11 Å². The van der Waals surface area contributed by atoms with Crippen LogP contribution >= 0.6 is 11.6 Å². The van der Waals surface area contributed by atoms with Crippen LogP contribution in [0.1, 0.15) is 31.1 Å². The molecule has 4 nitrogen and oxygen atoms in total. The van der Waals surface area contributed by atoms with Crippen molar-refractivity contribution in [3.05, 3.63) is 29.8 Å². The average Bonchev–Trinajstić information content (AvgIpc) is 2.75. The Balaban J connectivity index is 2.70. The molecule has 2 atom stereocenters. The fraction of sp³-hybridized carbons (Fsp3) is 0.385. The van der Waals surface area contributed by atoms with E-state index in [0.29, 0.717) is 16.9 Å². The maximum atomic E-state index is 13.4. The molecule has 2 aromatic rings. The first-order chi connectivity index (χ1) is 8.95. The van der Waals surface area contributed by atoms with Crippen LogP contribution in [-0.4, -0.2) is 22.6 Å². The molecule has 102 valence electrons. The van der Waals surface area contributed by atoms with Gasteiger partial charge in [-0.2, -0.15) is 0 Å². The zero-order valence-corrected chi connectivity index (χ0v) is 11.6. The van der Waals surface area contributed by atoms with Gasteiger partial charge in [-0.3, -0.25) is 0 Å². The molecule has 2 unspecified atom stereocenters. The van der Waals surface area contributed by atoms with Crippen molar-refractivity contribution in [3.8, 4) is 0 Å². The number of alkyl halides is 1. The lowest BCUT2D eigenvalue weighted by molar-refractivity contribution is -0.143. The molecule has 0 aliphatic rings. The molecular weight excluding hydrogens is 271 g/mol. The van der Waals surface area contributed by atoms with Gasteiger partial charge in [-0.1, -0.05) is 0 Å². The molecular formula is C13H14ClFN2O2. The highest BCUT2D eigenvalue weighted by molar-refractivity contribution is 6.20. The summed E-state index contributed by atoms with van der Waals surface area (Å²) in [5.74, 6) is -0.304. The highest BCUT2D eigenvalue weighted by Gasteiger charge is 2.24. The average molecular weight is 285 g/mol. The standard InChI is InChI=1S/C13H14ClFN2O2/c1-7(14)12-16-10-5-4-9(15)6-11(10)17(12)8(2)13(18)19-3/h4-8H,1-3H3. The highest BCUT2D eigenvalue weighted by Crippen LogP contribution is 2.28. The molecule has 0 spiro atoms. The van der Waals surface area contributed by atoms with E-state index in [1.54, 1.807) is 24.5 Å². The topological polar surface area (TPSA) is 44.1 Å². The SMILES string of the molecule is COC(=O)C(C)n1c(C(C)Cl)nc2ccc(F)cc21. The lowest BCUT2D eigenvalue weighted by Gasteiger charge is -2.16. The van der Waals surface area contributed by atoms with Crippen LogP contribution < -0.4 is 0 Å². The summed E-state index contributed by atoms with van der Waals surface area (Å²) in [6.45, 7) is 3.42. The number of benzene rings is 1. The third-order valence-electron chi connectivity index (χ3n) is 2.96. The van der Waals surface area contributed by atoms with Crippen LogP contribution in [0.2, 0.25) is 0 Å². The first-order valence-corrected chi connectivity index (χ1v) is 6.28. The monoisotopic (exact) mass is 284 g/mol. The maximum Gasteiger partial charge on any atom is 0.328 e. The number of hydrogen-bond donors (Lipinski definition) is 0. The van der Waals surface area contributed by atoms with Crippen molar-refractivity contribution in [2.24, 2.45) is 0 Å². The largest absolute Gasteiger partial charge is 0.467 e. The minimum Gasteiger partial charge on any atom is -0.467 e. The van der Waals surface area contributed by atoms with Gasteiger partial charge in [-0.15, -0.1) is 11.6 Å². The van der Waals surface area contributed by atoms with E-state index in [-0.39, 0.29) is 5.82 Å². The third kappa shape index (κ3) is 2.42. The van der Waals surface area contributed by atoms with Crippen molar-refractivity contribution < 1.29 is 13.9 Å². The normalized spacial score (nSPS) is 14.4. The van der Waals surface area contributed by atoms with Gasteiger partial charge in [-0.05, 0) is 32.0 Å². The van der Waals surface area contributed by atoms with Gasteiger partial charge < -0.3 is 9.30 Å². The molecule has 19 heavy (non-hydrogen) atoms. The first kappa shape index (κ1) is 13.8. The molecule has 0 radical (unpaired) electrons. The number of fused-ring (bicyclic) bond motifs is 1. The number of carbonyl (C=O) groups is 1. The number of carbonyl (C=O) groups excluding carboxylic acids is 1. The Hall–Kier alpha value is -1.62. The second-order valence-electron chi connectivity index (χ2n) is 4.29. The lowest BCUT2D eigenvalue weighted by Crippen LogP contribution is -2.20. The van der Waals surface area contributed by atoms with E-state index >= 15 is 0 Å². The summed E-state index contributed by atoms with van der Waals surface area (Å²) < 4.78 is 19.7. The number of ether oxygens (including phenoxy) is 1. The van der Waals surface area contributed by atoms with E-state index in [9.17, 15) is 9.18 Å². The third-order valence-corrected chi connectivity index (χ3v) is 3.16. The van der Waals surface area contributed by atoms with E-state index in [0.717, 1.165) is 0 Å². The predicted octanol–water partition coefficient (Wildman–Crippen LogP) is 3.21. The van der Waals surface area contributed by atoms with E-state index in [1.165, 1.54) is 19.2 Å². The zero-order valence-electron chi connectivity index (χ0n) is 10.9. The van der Waals surface area contributed by atoms with Crippen molar-refractivity contribution >= 4 is 28.6 Å². The molecule has 1 aromatic carbocycles. The van der Waals surface area contributed by atoms with Crippen LogP contribution in [0.15, 0.2) is 18.2 Å². The summed E-state index contributed by atoms with van der Waals surface area (Å²) in [7, 11) is 1.31. The summed E-state index contributed by atoms with van der Waals surface area (Å²) >= 11 is 6.08. The van der Waals surface area contributed by atoms with Crippen LogP contribution in [0.4, 0.5) is 4.39 Å². The second kappa shape index (κ2) is 5.17. The van der Waals surface area contributed by atoms with Crippen LogP contribution in [-0.2, 0) is 9.53 Å². The molecule has 0 aliphatic carbocycles. The Morgan fingerprint density at radius 2 is 2.16 bits per heavy atom. The summed E-state index contributed by atoms with van der Waals surface area (Å²) in [5, 5.41) is -0.400. The second-order valence-corrected chi connectivity index (χ2v) is 4.94. The fourth-order valence-corrected chi connectivity index (χ4v) is 2.20. The van der Waals surface area contributed by atoms with Crippen LogP contribution in [0.3, 0.4) is 0 Å². The molecule has 0 amide bonds. The number of hydrogen-bond acceptors (Lipinski definition) is 3. The van der Waals surface area contributed by atoms with E-state index in [4.69, 9.17) is 16.3 Å². The Kier molecular flexibility index (Phi) is 3.75.